The van der Waals surface area contributed by atoms with Gasteiger partial charge in [-0.15, -0.1) is 0 Å². The topological polar surface area (TPSA) is 78.9 Å². The highest BCUT2D eigenvalue weighted by molar-refractivity contribution is 9.10. The van der Waals surface area contributed by atoms with Crippen LogP contribution < -0.4 is 5.73 Å². The summed E-state index contributed by atoms with van der Waals surface area (Å²) in [7, 11) is 0. The van der Waals surface area contributed by atoms with Gasteiger partial charge in [0, 0.05) is 27.9 Å². The lowest BCUT2D eigenvalue weighted by Gasteiger charge is -2.31. The molecule has 1 aliphatic heterocycles. The molecule has 0 spiro atoms. The van der Waals surface area contributed by atoms with Crippen molar-refractivity contribution in [1.29, 1.82) is 0 Å². The van der Waals surface area contributed by atoms with Gasteiger partial charge >= 0.3 is 0 Å². The largest absolute Gasteiger partial charge is 0.398 e. The van der Waals surface area contributed by atoms with Gasteiger partial charge in [-0.1, -0.05) is 47.1 Å². The van der Waals surface area contributed by atoms with Gasteiger partial charge in [-0.25, -0.2) is 0 Å². The van der Waals surface area contributed by atoms with Gasteiger partial charge in [0.15, 0.2) is 5.72 Å². The second kappa shape index (κ2) is 6.37. The highest BCUT2D eigenvalue weighted by Crippen LogP contribution is 2.38. The van der Waals surface area contributed by atoms with E-state index >= 15 is 0 Å². The quantitative estimate of drug-likeness (QED) is 0.791. The van der Waals surface area contributed by atoms with E-state index in [1.807, 2.05) is 19.1 Å². The third-order valence-electron chi connectivity index (χ3n) is 4.14. The molecule has 2 aromatic rings. The number of nitrogens with two attached hydrogens (primary N) is 1. The van der Waals surface area contributed by atoms with Crippen molar-refractivity contribution in [1.82, 2.24) is 5.01 Å². The molecule has 1 unspecified atom stereocenters. The molecule has 0 aromatic heterocycles. The second-order valence-corrected chi connectivity index (χ2v) is 6.64. The number of nitrogens with zero attached hydrogens (tertiary/aromatic N) is 2. The van der Waals surface area contributed by atoms with Crippen LogP contribution in [0, 0.1) is 0 Å². The molecule has 0 fully saturated rings. The Morgan fingerprint density at radius 1 is 1.29 bits per heavy atom. The molecule has 24 heavy (non-hydrogen) atoms. The minimum absolute atomic E-state index is 0.281. The van der Waals surface area contributed by atoms with E-state index in [4.69, 9.17) is 5.73 Å². The molecule has 0 bridgehead atoms. The summed E-state index contributed by atoms with van der Waals surface area (Å²) in [6.45, 7) is 1.95. The number of aliphatic hydroxyl groups is 1. The number of hydrogen-bond donors (Lipinski definition) is 2. The van der Waals surface area contributed by atoms with E-state index in [2.05, 4.69) is 21.0 Å². The Balaban J connectivity index is 2.05. The number of carbonyl (C=O) groups excluding carboxylic acids is 1. The van der Waals surface area contributed by atoms with Gasteiger partial charge in [0.2, 0.25) is 0 Å². The summed E-state index contributed by atoms with van der Waals surface area (Å²) >= 11 is 3.38. The van der Waals surface area contributed by atoms with Gasteiger partial charge < -0.3 is 10.8 Å². The van der Waals surface area contributed by atoms with Crippen LogP contribution in [0.4, 0.5) is 5.69 Å². The number of para-hydroxylation sites is 1. The fourth-order valence-corrected chi connectivity index (χ4v) is 3.04. The van der Waals surface area contributed by atoms with Crippen LogP contribution in [-0.4, -0.2) is 21.7 Å². The van der Waals surface area contributed by atoms with Crippen molar-refractivity contribution in [2.24, 2.45) is 5.10 Å². The van der Waals surface area contributed by atoms with E-state index in [0.29, 0.717) is 23.2 Å². The first-order valence-electron chi connectivity index (χ1n) is 7.69. The maximum Gasteiger partial charge on any atom is 0.279 e. The summed E-state index contributed by atoms with van der Waals surface area (Å²) < 4.78 is 0.898. The number of rotatable bonds is 3. The van der Waals surface area contributed by atoms with Crippen molar-refractivity contribution in [3.05, 3.63) is 64.1 Å². The molecule has 1 heterocycles. The first kappa shape index (κ1) is 16.7. The van der Waals surface area contributed by atoms with Gasteiger partial charge in [-0.3, -0.25) is 4.79 Å². The molecule has 1 atom stereocenters. The van der Waals surface area contributed by atoms with Crippen LogP contribution >= 0.6 is 15.9 Å². The molecular weight excluding hydrogens is 370 g/mol. The minimum Gasteiger partial charge on any atom is -0.398 e. The number of halogens is 1. The fourth-order valence-electron chi connectivity index (χ4n) is 2.78. The van der Waals surface area contributed by atoms with Crippen LogP contribution in [0.15, 0.2) is 58.1 Å². The van der Waals surface area contributed by atoms with E-state index in [9.17, 15) is 9.90 Å². The summed E-state index contributed by atoms with van der Waals surface area (Å²) in [6, 6.07) is 14.0. The summed E-state index contributed by atoms with van der Waals surface area (Å²) in [4.78, 5) is 13.0. The lowest BCUT2D eigenvalue weighted by Crippen LogP contribution is -2.43. The molecule has 0 radical (unpaired) electrons. The van der Waals surface area contributed by atoms with Crippen LogP contribution in [0.5, 0.6) is 0 Å². The highest BCUT2D eigenvalue weighted by Gasteiger charge is 2.45. The normalized spacial score (nSPS) is 20.1. The van der Waals surface area contributed by atoms with E-state index < -0.39 is 11.6 Å². The molecule has 6 heteroatoms. The summed E-state index contributed by atoms with van der Waals surface area (Å²) in [6.07, 6.45) is 0.941. The first-order valence-corrected chi connectivity index (χ1v) is 8.49. The molecule has 124 valence electrons. The molecule has 0 saturated carbocycles. The molecule has 2 aromatic carbocycles. The van der Waals surface area contributed by atoms with Crippen LogP contribution in [-0.2, 0) is 5.72 Å². The third kappa shape index (κ3) is 2.83. The molecule has 0 aliphatic carbocycles. The van der Waals surface area contributed by atoms with Crippen molar-refractivity contribution in [2.75, 3.05) is 5.73 Å². The Morgan fingerprint density at radius 3 is 2.58 bits per heavy atom. The van der Waals surface area contributed by atoms with E-state index in [-0.39, 0.29) is 6.42 Å². The smallest absolute Gasteiger partial charge is 0.279 e. The maximum atomic E-state index is 13.0. The number of carbonyl (C=O) groups is 1. The van der Waals surface area contributed by atoms with Crippen LogP contribution in [0.2, 0.25) is 0 Å². The Morgan fingerprint density at radius 2 is 1.96 bits per heavy atom. The number of hydrogen-bond acceptors (Lipinski definition) is 4. The van der Waals surface area contributed by atoms with E-state index in [1.54, 1.807) is 36.4 Å². The lowest BCUT2D eigenvalue weighted by atomic mass is 9.96. The van der Waals surface area contributed by atoms with Gasteiger partial charge in [0.05, 0.1) is 5.56 Å². The third-order valence-corrected chi connectivity index (χ3v) is 4.67. The predicted molar refractivity (Wildman–Crippen MR) is 97.4 cm³/mol. The number of benzene rings is 2. The molecular formula is C18H18BrN3O2. The van der Waals surface area contributed by atoms with Crippen molar-refractivity contribution < 1.29 is 9.90 Å². The van der Waals surface area contributed by atoms with Crippen molar-refractivity contribution >= 4 is 33.2 Å². The van der Waals surface area contributed by atoms with Gasteiger partial charge in [-0.05, 0) is 30.7 Å². The van der Waals surface area contributed by atoms with E-state index in [0.717, 1.165) is 15.2 Å². The zero-order valence-electron chi connectivity index (χ0n) is 13.2. The average molecular weight is 388 g/mol. The number of amides is 1. The Hall–Kier alpha value is -2.18. The van der Waals surface area contributed by atoms with Gasteiger partial charge in [0.1, 0.15) is 0 Å². The zero-order chi connectivity index (χ0) is 17.3. The SMILES string of the molecule is CCC1=NN(C(=O)c2ccccc2N)C(O)(c2ccc(Br)cc2)C1. The molecule has 5 nitrogen and oxygen atoms in total. The second-order valence-electron chi connectivity index (χ2n) is 5.72. The Kier molecular flexibility index (Phi) is 4.43. The number of anilines is 1. The van der Waals surface area contributed by atoms with Crippen LogP contribution in [0.1, 0.15) is 35.7 Å². The fraction of sp³-hybridized carbons (Fsp3) is 0.222. The minimum atomic E-state index is -1.51. The lowest BCUT2D eigenvalue weighted by molar-refractivity contribution is -0.0765. The molecule has 0 saturated heterocycles. The van der Waals surface area contributed by atoms with Gasteiger partial charge in [-0.2, -0.15) is 10.1 Å². The first-order chi connectivity index (χ1) is 11.5. The molecule has 1 aliphatic rings. The van der Waals surface area contributed by atoms with Gasteiger partial charge in [0.25, 0.3) is 5.91 Å². The zero-order valence-corrected chi connectivity index (χ0v) is 14.8. The van der Waals surface area contributed by atoms with Crippen molar-refractivity contribution in [3.8, 4) is 0 Å². The van der Waals surface area contributed by atoms with E-state index in [1.165, 1.54) is 0 Å². The highest BCUT2D eigenvalue weighted by atomic mass is 79.9. The number of hydrazone groups is 1. The summed E-state index contributed by atoms with van der Waals surface area (Å²) in [5.74, 6) is -0.415. The maximum absolute atomic E-state index is 13.0. The molecule has 1 amide bonds. The average Bonchev–Trinajstić information content (AvgIpc) is 2.93. The number of nitrogen functional groups attached to an aromatic ring is 1. The molecule has 3 rings (SSSR count). The van der Waals surface area contributed by atoms with Crippen LogP contribution in [0.25, 0.3) is 0 Å². The molecule has 3 N–H and O–H groups in total. The summed E-state index contributed by atoms with van der Waals surface area (Å²) in [5, 5.41) is 16.8. The van der Waals surface area contributed by atoms with Crippen LogP contribution in [0.3, 0.4) is 0 Å². The Bertz CT molecular complexity index is 804. The van der Waals surface area contributed by atoms with Crippen molar-refractivity contribution in [2.45, 2.75) is 25.5 Å². The standard InChI is InChI=1S/C18H18BrN3O2/c1-2-14-11-18(24,12-7-9-13(19)10-8-12)22(21-14)17(23)15-5-3-4-6-16(15)20/h3-10,24H,2,11,20H2,1H3. The Labute approximate surface area is 148 Å². The van der Waals surface area contributed by atoms with Crippen molar-refractivity contribution in [3.63, 3.8) is 0 Å². The predicted octanol–water partition coefficient (Wildman–Crippen LogP) is 3.49. The monoisotopic (exact) mass is 387 g/mol. The summed E-state index contributed by atoms with van der Waals surface area (Å²) in [5.41, 5.74) is 6.48.